The van der Waals surface area contributed by atoms with Gasteiger partial charge in [-0.25, -0.2) is 0 Å². The van der Waals surface area contributed by atoms with Gasteiger partial charge < -0.3 is 4.48 Å². The van der Waals surface area contributed by atoms with E-state index in [1.54, 1.807) is 0 Å². The number of halogens is 1. The van der Waals surface area contributed by atoms with Crippen molar-refractivity contribution in [3.63, 3.8) is 0 Å². The Morgan fingerprint density at radius 2 is 1.87 bits per heavy atom. The predicted octanol–water partition coefficient (Wildman–Crippen LogP) is 2.77. The number of ketones is 1. The minimum Gasteiger partial charge on any atom is -0.328 e. The molecule has 0 aliphatic heterocycles. The second kappa shape index (κ2) is 8.05. The lowest BCUT2D eigenvalue weighted by atomic mass is 10.1. The van der Waals surface area contributed by atoms with Crippen molar-refractivity contribution < 1.29 is 9.28 Å². The molecule has 0 aromatic rings. The largest absolute Gasteiger partial charge is 0.328 e. The summed E-state index contributed by atoms with van der Waals surface area (Å²) in [7, 11) is 4.50. The average molecular weight is 277 g/mol. The number of quaternary nitrogens is 1. The van der Waals surface area contributed by atoms with Gasteiger partial charge in [0.05, 0.1) is 27.2 Å². The SMILES string of the molecule is C=CC(=O)CCCC[N+](C)(C)CCCBr. The van der Waals surface area contributed by atoms with Crippen molar-refractivity contribution in [3.05, 3.63) is 12.7 Å². The van der Waals surface area contributed by atoms with E-state index in [-0.39, 0.29) is 5.78 Å². The van der Waals surface area contributed by atoms with E-state index in [2.05, 4.69) is 36.6 Å². The molecule has 88 valence electrons. The van der Waals surface area contributed by atoms with Crippen LogP contribution in [0.3, 0.4) is 0 Å². The number of carbonyl (C=O) groups is 1. The summed E-state index contributed by atoms with van der Waals surface area (Å²) in [5.74, 6) is 0.167. The van der Waals surface area contributed by atoms with E-state index in [1.165, 1.54) is 19.0 Å². The first-order valence-corrected chi connectivity index (χ1v) is 6.67. The van der Waals surface area contributed by atoms with Gasteiger partial charge in [-0.15, -0.1) is 0 Å². The Morgan fingerprint density at radius 1 is 1.27 bits per heavy atom. The van der Waals surface area contributed by atoms with Crippen molar-refractivity contribution in [2.24, 2.45) is 0 Å². The second-order valence-electron chi connectivity index (χ2n) is 4.55. The first kappa shape index (κ1) is 14.8. The molecule has 15 heavy (non-hydrogen) atoms. The summed E-state index contributed by atoms with van der Waals surface area (Å²) in [5, 5.41) is 1.07. The van der Waals surface area contributed by atoms with Crippen molar-refractivity contribution >= 4 is 21.7 Å². The van der Waals surface area contributed by atoms with Crippen molar-refractivity contribution in [2.75, 3.05) is 32.5 Å². The first-order valence-electron chi connectivity index (χ1n) is 5.55. The van der Waals surface area contributed by atoms with E-state index >= 15 is 0 Å². The van der Waals surface area contributed by atoms with Crippen LogP contribution in [0.1, 0.15) is 25.7 Å². The van der Waals surface area contributed by atoms with E-state index < -0.39 is 0 Å². The summed E-state index contributed by atoms with van der Waals surface area (Å²) in [5.41, 5.74) is 0. The van der Waals surface area contributed by atoms with E-state index in [4.69, 9.17) is 0 Å². The Hall–Kier alpha value is -0.150. The predicted molar refractivity (Wildman–Crippen MR) is 69.3 cm³/mol. The number of unbranched alkanes of at least 4 members (excludes halogenated alkanes) is 1. The molecule has 0 bridgehead atoms. The molecule has 0 heterocycles. The molecular weight excluding hydrogens is 254 g/mol. The van der Waals surface area contributed by atoms with E-state index in [0.29, 0.717) is 6.42 Å². The molecule has 0 saturated heterocycles. The Balaban J connectivity index is 3.56. The second-order valence-corrected chi connectivity index (χ2v) is 5.35. The van der Waals surface area contributed by atoms with Crippen LogP contribution in [-0.2, 0) is 4.79 Å². The smallest absolute Gasteiger partial charge is 0.155 e. The lowest BCUT2D eigenvalue weighted by Gasteiger charge is -2.29. The molecule has 0 aliphatic carbocycles. The first-order chi connectivity index (χ1) is 7.02. The minimum atomic E-state index is 0.167. The van der Waals surface area contributed by atoms with Gasteiger partial charge in [0.1, 0.15) is 0 Å². The Bertz CT molecular complexity index is 202. The molecular formula is C12H23BrNO+. The van der Waals surface area contributed by atoms with Crippen molar-refractivity contribution in [2.45, 2.75) is 25.7 Å². The Morgan fingerprint density at radius 3 is 2.40 bits per heavy atom. The van der Waals surface area contributed by atoms with Gasteiger partial charge in [-0.05, 0) is 18.9 Å². The summed E-state index contributed by atoms with van der Waals surface area (Å²) in [6.45, 7) is 5.82. The fourth-order valence-corrected chi connectivity index (χ4v) is 1.79. The van der Waals surface area contributed by atoms with Gasteiger partial charge in [-0.1, -0.05) is 22.5 Å². The standard InChI is InChI=1S/C12H23BrNO/c1-4-12(15)8-5-6-10-14(2,3)11-7-9-13/h4H,1,5-11H2,2-3H3/q+1. The lowest BCUT2D eigenvalue weighted by molar-refractivity contribution is -0.890. The molecule has 3 heteroatoms. The van der Waals surface area contributed by atoms with Crippen LogP contribution in [0.25, 0.3) is 0 Å². The lowest BCUT2D eigenvalue weighted by Crippen LogP contribution is -2.41. The van der Waals surface area contributed by atoms with Crippen molar-refractivity contribution in [3.8, 4) is 0 Å². The van der Waals surface area contributed by atoms with Gasteiger partial charge in [0.15, 0.2) is 5.78 Å². The number of nitrogens with zero attached hydrogens (tertiary/aromatic N) is 1. The van der Waals surface area contributed by atoms with Gasteiger partial charge >= 0.3 is 0 Å². The van der Waals surface area contributed by atoms with Gasteiger partial charge in [0, 0.05) is 18.2 Å². The summed E-state index contributed by atoms with van der Waals surface area (Å²) in [6.07, 6.45) is 5.39. The van der Waals surface area contributed by atoms with Gasteiger partial charge in [-0.2, -0.15) is 0 Å². The highest BCUT2D eigenvalue weighted by Crippen LogP contribution is 2.06. The molecule has 0 aromatic heterocycles. The Kier molecular flexibility index (Phi) is 7.97. The average Bonchev–Trinajstić information content (AvgIpc) is 2.21. The van der Waals surface area contributed by atoms with Crippen molar-refractivity contribution in [1.82, 2.24) is 0 Å². The molecule has 0 rings (SSSR count). The number of hydrogen-bond donors (Lipinski definition) is 0. The molecule has 0 N–H and O–H groups in total. The third kappa shape index (κ3) is 8.82. The highest BCUT2D eigenvalue weighted by Gasteiger charge is 2.13. The third-order valence-corrected chi connectivity index (χ3v) is 3.12. The number of carbonyl (C=O) groups excluding carboxylic acids is 1. The number of allylic oxidation sites excluding steroid dienone is 1. The number of hydrogen-bond acceptors (Lipinski definition) is 1. The fourth-order valence-electron chi connectivity index (χ4n) is 1.54. The van der Waals surface area contributed by atoms with Gasteiger partial charge in [0.25, 0.3) is 0 Å². The molecule has 0 aromatic carbocycles. The molecule has 0 aliphatic rings. The van der Waals surface area contributed by atoms with Crippen LogP contribution in [0.2, 0.25) is 0 Å². The summed E-state index contributed by atoms with van der Waals surface area (Å²) in [6, 6.07) is 0. The molecule has 0 amide bonds. The van der Waals surface area contributed by atoms with Crippen LogP contribution >= 0.6 is 15.9 Å². The van der Waals surface area contributed by atoms with Gasteiger partial charge in [-0.3, -0.25) is 4.79 Å². The molecule has 2 nitrogen and oxygen atoms in total. The number of alkyl halides is 1. The zero-order valence-electron chi connectivity index (χ0n) is 9.97. The molecule has 0 saturated carbocycles. The van der Waals surface area contributed by atoms with Crippen LogP contribution < -0.4 is 0 Å². The molecule has 0 atom stereocenters. The maximum absolute atomic E-state index is 11.0. The zero-order valence-corrected chi connectivity index (χ0v) is 11.6. The maximum Gasteiger partial charge on any atom is 0.155 e. The molecule has 0 fully saturated rings. The third-order valence-electron chi connectivity index (χ3n) is 2.56. The summed E-state index contributed by atoms with van der Waals surface area (Å²) >= 11 is 3.45. The van der Waals surface area contributed by atoms with Crippen LogP contribution in [0.5, 0.6) is 0 Å². The Labute approximate surface area is 102 Å². The highest BCUT2D eigenvalue weighted by atomic mass is 79.9. The zero-order chi connectivity index (χ0) is 11.7. The summed E-state index contributed by atoms with van der Waals surface area (Å²) < 4.78 is 1.05. The van der Waals surface area contributed by atoms with E-state index in [0.717, 1.165) is 29.2 Å². The number of rotatable bonds is 9. The van der Waals surface area contributed by atoms with Crippen LogP contribution in [0.15, 0.2) is 12.7 Å². The topological polar surface area (TPSA) is 17.1 Å². The fraction of sp³-hybridized carbons (Fsp3) is 0.750. The quantitative estimate of drug-likeness (QED) is 0.274. The van der Waals surface area contributed by atoms with Crippen LogP contribution in [0, 0.1) is 0 Å². The monoisotopic (exact) mass is 276 g/mol. The normalized spacial score (nSPS) is 11.4. The van der Waals surface area contributed by atoms with E-state index in [1.807, 2.05) is 0 Å². The van der Waals surface area contributed by atoms with Crippen molar-refractivity contribution in [1.29, 1.82) is 0 Å². The molecule has 0 unspecified atom stereocenters. The van der Waals surface area contributed by atoms with Crippen LogP contribution in [-0.4, -0.2) is 42.8 Å². The summed E-state index contributed by atoms with van der Waals surface area (Å²) in [4.78, 5) is 11.0. The van der Waals surface area contributed by atoms with E-state index in [9.17, 15) is 4.79 Å². The highest BCUT2D eigenvalue weighted by molar-refractivity contribution is 9.09. The van der Waals surface area contributed by atoms with Crippen LogP contribution in [0.4, 0.5) is 0 Å². The molecule has 0 spiro atoms. The van der Waals surface area contributed by atoms with Gasteiger partial charge in [0.2, 0.25) is 0 Å². The minimum absolute atomic E-state index is 0.167. The molecule has 0 radical (unpaired) electrons. The maximum atomic E-state index is 11.0.